The van der Waals surface area contributed by atoms with Crippen LogP contribution >= 0.6 is 0 Å². The van der Waals surface area contributed by atoms with Gasteiger partial charge >= 0.3 is 0 Å². The highest BCUT2D eigenvalue weighted by atomic mass is 16.5. The fraction of sp³-hybridized carbons (Fsp3) is 0.370. The molecule has 3 heterocycles. The molecule has 34 heavy (non-hydrogen) atoms. The van der Waals surface area contributed by atoms with E-state index in [0.717, 1.165) is 36.1 Å². The van der Waals surface area contributed by atoms with Crippen LogP contribution in [0.2, 0.25) is 0 Å². The molecule has 7 nitrogen and oxygen atoms in total. The standard InChI is InChI=1S/C27H30N4O3/c1-34-24-12-5-4-11-22(24)23-18-30(19-27(23)14-7-6-13-25(32)29-27)26(33)21-10-3-2-9-20(21)17-31-16-8-15-28-31/h2-5,8-12,15-16,23H,6-7,13-14,17-19H2,1H3,(H,29,32)/t23-,27+/m0/s1. The van der Waals surface area contributed by atoms with Gasteiger partial charge in [0, 0.05) is 48.9 Å². The van der Waals surface area contributed by atoms with E-state index in [1.54, 1.807) is 13.3 Å². The Hall–Kier alpha value is -3.61. The summed E-state index contributed by atoms with van der Waals surface area (Å²) in [6.45, 7) is 1.53. The number of rotatable bonds is 5. The summed E-state index contributed by atoms with van der Waals surface area (Å²) >= 11 is 0. The first-order valence-corrected chi connectivity index (χ1v) is 11.9. The van der Waals surface area contributed by atoms with E-state index in [2.05, 4.69) is 16.5 Å². The van der Waals surface area contributed by atoms with Crippen molar-refractivity contribution < 1.29 is 14.3 Å². The minimum absolute atomic E-state index is 0.0157. The van der Waals surface area contributed by atoms with E-state index < -0.39 is 5.54 Å². The Morgan fingerprint density at radius 3 is 2.79 bits per heavy atom. The molecule has 2 aromatic carbocycles. The van der Waals surface area contributed by atoms with Crippen molar-refractivity contribution in [1.82, 2.24) is 20.0 Å². The molecular formula is C27H30N4O3. The maximum Gasteiger partial charge on any atom is 0.254 e. The van der Waals surface area contributed by atoms with E-state index in [1.807, 2.05) is 64.3 Å². The van der Waals surface area contributed by atoms with Crippen molar-refractivity contribution in [2.75, 3.05) is 20.2 Å². The van der Waals surface area contributed by atoms with Crippen molar-refractivity contribution in [3.63, 3.8) is 0 Å². The zero-order chi connectivity index (χ0) is 23.5. The quantitative estimate of drug-likeness (QED) is 0.634. The predicted molar refractivity (Wildman–Crippen MR) is 129 cm³/mol. The van der Waals surface area contributed by atoms with Gasteiger partial charge in [0.2, 0.25) is 5.91 Å². The molecule has 0 unspecified atom stereocenters. The Morgan fingerprint density at radius 1 is 1.15 bits per heavy atom. The topological polar surface area (TPSA) is 76.5 Å². The van der Waals surface area contributed by atoms with Gasteiger partial charge in [-0.05, 0) is 36.6 Å². The Labute approximate surface area is 199 Å². The molecule has 0 saturated carbocycles. The lowest BCUT2D eigenvalue weighted by molar-refractivity contribution is -0.122. The van der Waals surface area contributed by atoms with Gasteiger partial charge in [-0.2, -0.15) is 5.10 Å². The van der Waals surface area contributed by atoms with Gasteiger partial charge in [-0.3, -0.25) is 14.3 Å². The molecule has 2 amide bonds. The smallest absolute Gasteiger partial charge is 0.254 e. The van der Waals surface area contributed by atoms with Crippen LogP contribution in [0.3, 0.4) is 0 Å². The number of benzene rings is 2. The summed E-state index contributed by atoms with van der Waals surface area (Å²) in [5.41, 5.74) is 2.13. The molecule has 2 atom stereocenters. The van der Waals surface area contributed by atoms with E-state index in [9.17, 15) is 9.59 Å². The van der Waals surface area contributed by atoms with Crippen LogP contribution in [-0.4, -0.2) is 52.2 Å². The second-order valence-electron chi connectivity index (χ2n) is 9.25. The van der Waals surface area contributed by atoms with Crippen LogP contribution in [-0.2, 0) is 11.3 Å². The number of carbonyl (C=O) groups is 2. The highest BCUT2D eigenvalue weighted by Gasteiger charge is 2.50. The van der Waals surface area contributed by atoms with E-state index in [4.69, 9.17) is 4.74 Å². The molecule has 0 bridgehead atoms. The highest BCUT2D eigenvalue weighted by Crippen LogP contribution is 2.44. The molecule has 176 valence electrons. The number of aromatic nitrogens is 2. The summed E-state index contributed by atoms with van der Waals surface area (Å²) in [4.78, 5) is 28.5. The third kappa shape index (κ3) is 4.18. The molecule has 2 aliphatic heterocycles. The lowest BCUT2D eigenvalue weighted by atomic mass is 9.78. The molecule has 1 N–H and O–H groups in total. The first kappa shape index (κ1) is 22.2. The van der Waals surface area contributed by atoms with E-state index in [-0.39, 0.29) is 17.7 Å². The van der Waals surface area contributed by atoms with Gasteiger partial charge in [0.05, 0.1) is 19.2 Å². The summed E-state index contributed by atoms with van der Waals surface area (Å²) in [6, 6.07) is 17.5. The number of nitrogens with zero attached hydrogens (tertiary/aromatic N) is 3. The van der Waals surface area contributed by atoms with Crippen LogP contribution in [0.5, 0.6) is 5.75 Å². The number of methoxy groups -OCH3 is 1. The lowest BCUT2D eigenvalue weighted by Crippen LogP contribution is -2.53. The Bertz CT molecular complexity index is 1180. The predicted octanol–water partition coefficient (Wildman–Crippen LogP) is 3.61. The van der Waals surface area contributed by atoms with E-state index in [1.165, 1.54) is 0 Å². The fourth-order valence-electron chi connectivity index (χ4n) is 5.53. The molecule has 2 aliphatic rings. The van der Waals surface area contributed by atoms with Crippen LogP contribution in [0.4, 0.5) is 0 Å². The number of carbonyl (C=O) groups excluding carboxylic acids is 2. The lowest BCUT2D eigenvalue weighted by Gasteiger charge is -2.35. The summed E-state index contributed by atoms with van der Waals surface area (Å²) in [6.07, 6.45) is 6.81. The number of hydrogen-bond donors (Lipinski definition) is 1. The first-order valence-electron chi connectivity index (χ1n) is 11.9. The van der Waals surface area contributed by atoms with Gasteiger partial charge in [-0.15, -0.1) is 0 Å². The first-order chi connectivity index (χ1) is 16.6. The molecule has 2 fully saturated rings. The summed E-state index contributed by atoms with van der Waals surface area (Å²) in [5.74, 6) is 0.787. The van der Waals surface area contributed by atoms with E-state index >= 15 is 0 Å². The average Bonchev–Trinajstić information content (AvgIpc) is 3.45. The minimum Gasteiger partial charge on any atom is -0.496 e. The number of likely N-dealkylation sites (tertiary alicyclic amines) is 1. The van der Waals surface area contributed by atoms with Crippen LogP contribution in [0.1, 0.15) is 53.1 Å². The molecule has 5 rings (SSSR count). The second-order valence-corrected chi connectivity index (χ2v) is 9.25. The van der Waals surface area contributed by atoms with E-state index in [0.29, 0.717) is 31.6 Å². The van der Waals surface area contributed by atoms with Crippen molar-refractivity contribution in [2.45, 2.75) is 43.7 Å². The van der Waals surface area contributed by atoms with Crippen LogP contribution < -0.4 is 10.1 Å². The maximum atomic E-state index is 13.9. The molecule has 2 saturated heterocycles. The zero-order valence-corrected chi connectivity index (χ0v) is 19.4. The number of nitrogens with one attached hydrogen (secondary N) is 1. The van der Waals surface area contributed by atoms with Crippen molar-refractivity contribution >= 4 is 11.8 Å². The Balaban J connectivity index is 1.50. The molecule has 3 aromatic rings. The normalized spacial score (nSPS) is 22.4. The van der Waals surface area contributed by atoms with Gasteiger partial charge < -0.3 is 15.0 Å². The number of amides is 2. The number of ether oxygens (including phenoxy) is 1. The van der Waals surface area contributed by atoms with Gasteiger partial charge in [-0.25, -0.2) is 0 Å². The van der Waals surface area contributed by atoms with Crippen LogP contribution in [0, 0.1) is 0 Å². The molecule has 7 heteroatoms. The van der Waals surface area contributed by atoms with Crippen molar-refractivity contribution in [2.24, 2.45) is 0 Å². The highest BCUT2D eigenvalue weighted by molar-refractivity contribution is 5.96. The summed E-state index contributed by atoms with van der Waals surface area (Å²) in [5, 5.41) is 7.64. The van der Waals surface area contributed by atoms with Crippen LogP contribution in [0.15, 0.2) is 67.0 Å². The average molecular weight is 459 g/mol. The molecular weight excluding hydrogens is 428 g/mol. The third-order valence-corrected chi connectivity index (χ3v) is 7.15. The van der Waals surface area contributed by atoms with Gasteiger partial charge in [0.15, 0.2) is 0 Å². The SMILES string of the molecule is COc1ccccc1[C@@H]1CN(C(=O)c2ccccc2Cn2cccn2)C[C@]12CCCCC(=O)N2. The molecule has 1 aromatic heterocycles. The Morgan fingerprint density at radius 2 is 1.97 bits per heavy atom. The zero-order valence-electron chi connectivity index (χ0n) is 19.4. The Kier molecular flexibility index (Phi) is 6.09. The monoisotopic (exact) mass is 458 g/mol. The van der Waals surface area contributed by atoms with Gasteiger partial charge in [0.25, 0.3) is 5.91 Å². The second kappa shape index (κ2) is 9.33. The summed E-state index contributed by atoms with van der Waals surface area (Å²) < 4.78 is 7.50. The van der Waals surface area contributed by atoms with Crippen molar-refractivity contribution in [3.8, 4) is 5.75 Å². The van der Waals surface area contributed by atoms with Gasteiger partial charge in [-0.1, -0.05) is 42.8 Å². The van der Waals surface area contributed by atoms with Crippen molar-refractivity contribution in [1.29, 1.82) is 0 Å². The minimum atomic E-state index is -0.505. The molecule has 0 radical (unpaired) electrons. The fourth-order valence-corrected chi connectivity index (χ4v) is 5.53. The molecule has 0 aliphatic carbocycles. The number of para-hydroxylation sites is 1. The van der Waals surface area contributed by atoms with Gasteiger partial charge in [0.1, 0.15) is 5.75 Å². The number of hydrogen-bond acceptors (Lipinski definition) is 4. The van der Waals surface area contributed by atoms with Crippen LogP contribution in [0.25, 0.3) is 0 Å². The summed E-state index contributed by atoms with van der Waals surface area (Å²) in [7, 11) is 1.67. The maximum absolute atomic E-state index is 13.9. The largest absolute Gasteiger partial charge is 0.496 e. The third-order valence-electron chi connectivity index (χ3n) is 7.15. The molecule has 1 spiro atoms. The van der Waals surface area contributed by atoms with Crippen molar-refractivity contribution in [3.05, 3.63) is 83.7 Å².